The first-order valence-electron chi connectivity index (χ1n) is 12.9. The molecule has 1 aliphatic heterocycles. The highest BCUT2D eigenvalue weighted by Gasteiger charge is 2.61. The van der Waals surface area contributed by atoms with Gasteiger partial charge in [-0.25, -0.2) is 13.6 Å². The van der Waals surface area contributed by atoms with Crippen LogP contribution in [-0.2, 0) is 15.1 Å². The molecule has 0 spiro atoms. The Bertz CT molecular complexity index is 1050. The van der Waals surface area contributed by atoms with Crippen LogP contribution in [0.5, 0.6) is 0 Å². The molecule has 7 atom stereocenters. The normalized spacial score (nSPS) is 33.2. The monoisotopic (exact) mass is 611 g/mol. The molecule has 1 heterocycles. The molecule has 2 aromatic rings. The molecule has 3 fully saturated rings. The molecule has 196 valence electrons. The number of aliphatic hydroxyl groups is 1. The van der Waals surface area contributed by atoms with Gasteiger partial charge in [0.05, 0.1) is 19.5 Å². The highest BCUT2D eigenvalue weighted by Crippen LogP contribution is 2.51. The molecule has 4 nitrogen and oxygen atoms in total. The summed E-state index contributed by atoms with van der Waals surface area (Å²) in [5.74, 6) is -4.34. The average Bonchev–Trinajstić information content (AvgIpc) is 3.37. The molecule has 7 heteroatoms. The quantitative estimate of drug-likeness (QED) is 0.311. The third-order valence-electron chi connectivity index (χ3n) is 9.23. The molecule has 1 N–H and O–H groups in total. The number of rotatable bonds is 6. The maximum Gasteiger partial charge on any atom is 0.343 e. The highest BCUT2D eigenvalue weighted by atomic mass is 127. The van der Waals surface area contributed by atoms with Crippen LogP contribution in [0.2, 0.25) is 0 Å². The van der Waals surface area contributed by atoms with Crippen molar-refractivity contribution in [1.29, 1.82) is 0 Å². The number of hydrogen-bond donors (Lipinski definition) is 1. The molecule has 2 aliphatic carbocycles. The molecule has 5 rings (SSSR count). The van der Waals surface area contributed by atoms with Crippen molar-refractivity contribution >= 4 is 5.97 Å². The maximum absolute atomic E-state index is 14.4. The Balaban J connectivity index is 0.00000304. The van der Waals surface area contributed by atoms with E-state index in [1.807, 2.05) is 18.2 Å². The zero-order valence-corrected chi connectivity index (χ0v) is 23.1. The third kappa shape index (κ3) is 4.71. The summed E-state index contributed by atoms with van der Waals surface area (Å²) in [6, 6.07) is 19.3. The van der Waals surface area contributed by atoms with E-state index in [4.69, 9.17) is 4.74 Å². The van der Waals surface area contributed by atoms with Gasteiger partial charge in [0.15, 0.2) is 11.7 Å². The van der Waals surface area contributed by atoms with Gasteiger partial charge in [-0.05, 0) is 31.7 Å². The standard InChI is InChI=1S/C29H36F2NO3.HI/c1-20(21-10-5-3-6-11-21)32(2)19-22-15-16-25(32)26(22)35-27(33)29(34,23-12-7-4-8-13-23)24-14-9-17-28(30,31)18-24;/h3-8,10-13,20,22,24-26,34H,9,14-19H2,1-2H3;1H/q+1;/p-1/t20-,22?,24+,25-,26?,29+,32?;/m1./s1. The number of quaternary nitrogens is 1. The van der Waals surface area contributed by atoms with Crippen LogP contribution < -0.4 is 24.0 Å². The highest BCUT2D eigenvalue weighted by molar-refractivity contribution is 5.82. The topological polar surface area (TPSA) is 46.5 Å². The van der Waals surface area contributed by atoms with Crippen LogP contribution in [0.1, 0.15) is 62.6 Å². The van der Waals surface area contributed by atoms with E-state index in [1.54, 1.807) is 30.3 Å². The van der Waals surface area contributed by atoms with Gasteiger partial charge in [-0.2, -0.15) is 0 Å². The van der Waals surface area contributed by atoms with Crippen molar-refractivity contribution in [2.45, 2.75) is 75.2 Å². The van der Waals surface area contributed by atoms with E-state index in [0.29, 0.717) is 12.0 Å². The lowest BCUT2D eigenvalue weighted by atomic mass is 9.72. The van der Waals surface area contributed by atoms with Gasteiger partial charge in [0, 0.05) is 30.7 Å². The van der Waals surface area contributed by atoms with Gasteiger partial charge in [-0.1, -0.05) is 60.7 Å². The molecule has 36 heavy (non-hydrogen) atoms. The number of carbonyl (C=O) groups is 1. The van der Waals surface area contributed by atoms with E-state index in [9.17, 15) is 18.7 Å². The van der Waals surface area contributed by atoms with Crippen molar-refractivity contribution in [2.75, 3.05) is 13.6 Å². The van der Waals surface area contributed by atoms with Gasteiger partial charge in [0.25, 0.3) is 0 Å². The minimum atomic E-state index is -2.89. The number of fused-ring (bicyclic) bond motifs is 2. The van der Waals surface area contributed by atoms with Crippen molar-refractivity contribution < 1.29 is 51.9 Å². The van der Waals surface area contributed by atoms with E-state index in [0.717, 1.165) is 23.9 Å². The largest absolute Gasteiger partial charge is 1.00 e. The van der Waals surface area contributed by atoms with Crippen molar-refractivity contribution in [2.24, 2.45) is 11.8 Å². The minimum absolute atomic E-state index is 0. The lowest BCUT2D eigenvalue weighted by Crippen LogP contribution is -3.00. The lowest BCUT2D eigenvalue weighted by Gasteiger charge is -2.44. The lowest BCUT2D eigenvalue weighted by molar-refractivity contribution is -0.954. The van der Waals surface area contributed by atoms with Crippen molar-refractivity contribution in [1.82, 2.24) is 0 Å². The van der Waals surface area contributed by atoms with Gasteiger partial charge in [0.1, 0.15) is 12.1 Å². The van der Waals surface area contributed by atoms with Crippen LogP contribution in [0.3, 0.4) is 0 Å². The molecule has 0 amide bonds. The van der Waals surface area contributed by atoms with Crippen molar-refractivity contribution in [3.05, 3.63) is 71.8 Å². The number of benzene rings is 2. The summed E-state index contributed by atoms with van der Waals surface area (Å²) >= 11 is 0. The second-order valence-corrected chi connectivity index (χ2v) is 11.2. The first-order valence-corrected chi connectivity index (χ1v) is 12.9. The molecule has 1 saturated heterocycles. The van der Waals surface area contributed by atoms with Gasteiger partial charge in [-0.15, -0.1) is 0 Å². The van der Waals surface area contributed by atoms with Crippen LogP contribution in [0.25, 0.3) is 0 Å². The molecular formula is C29H36F2INO3. The molecule has 0 radical (unpaired) electrons. The van der Waals surface area contributed by atoms with Crippen LogP contribution in [0.4, 0.5) is 8.78 Å². The molecular weight excluding hydrogens is 575 g/mol. The summed E-state index contributed by atoms with van der Waals surface area (Å²) in [6.07, 6.45) is 1.53. The fraction of sp³-hybridized carbons (Fsp3) is 0.552. The van der Waals surface area contributed by atoms with Crippen LogP contribution >= 0.6 is 0 Å². The Labute approximate surface area is 229 Å². The van der Waals surface area contributed by atoms with Crippen LogP contribution in [0, 0.1) is 11.8 Å². The van der Waals surface area contributed by atoms with Crippen LogP contribution in [-0.4, -0.2) is 47.2 Å². The number of hydrogen-bond acceptors (Lipinski definition) is 3. The number of likely N-dealkylation sites (N-methyl/N-ethyl adjacent to an activating group) is 1. The molecule has 2 saturated carbocycles. The number of halogens is 3. The number of esters is 1. The smallest absolute Gasteiger partial charge is 0.343 e. The number of alkyl halides is 2. The Kier molecular flexibility index (Phi) is 7.85. The first kappa shape index (κ1) is 27.5. The molecule has 3 unspecified atom stereocenters. The van der Waals surface area contributed by atoms with E-state index in [2.05, 4.69) is 26.1 Å². The van der Waals surface area contributed by atoms with Crippen molar-refractivity contribution in [3.8, 4) is 0 Å². The molecule has 2 bridgehead atoms. The second kappa shape index (κ2) is 10.3. The van der Waals surface area contributed by atoms with Crippen molar-refractivity contribution in [3.63, 3.8) is 0 Å². The average molecular weight is 612 g/mol. The summed E-state index contributed by atoms with van der Waals surface area (Å²) in [7, 11) is 2.23. The van der Waals surface area contributed by atoms with E-state index < -0.39 is 29.8 Å². The molecule has 2 aromatic carbocycles. The second-order valence-electron chi connectivity index (χ2n) is 11.2. The van der Waals surface area contributed by atoms with Gasteiger partial charge >= 0.3 is 5.97 Å². The predicted octanol–water partition coefficient (Wildman–Crippen LogP) is 2.62. The number of likely N-dealkylation sites (tertiary alicyclic amines) is 1. The summed E-state index contributed by atoms with van der Waals surface area (Å²) < 4.78 is 35.7. The maximum atomic E-state index is 14.4. The van der Waals surface area contributed by atoms with E-state index >= 15 is 0 Å². The Morgan fingerprint density at radius 2 is 1.72 bits per heavy atom. The summed E-state index contributed by atoms with van der Waals surface area (Å²) in [5.41, 5.74) is -0.493. The summed E-state index contributed by atoms with van der Waals surface area (Å²) in [6.45, 7) is 3.11. The molecule has 3 aliphatic rings. The minimum Gasteiger partial charge on any atom is -1.00 e. The number of piperidine rings is 1. The molecule has 0 aromatic heterocycles. The van der Waals surface area contributed by atoms with E-state index in [1.165, 1.54) is 5.56 Å². The fourth-order valence-corrected chi connectivity index (χ4v) is 7.14. The summed E-state index contributed by atoms with van der Waals surface area (Å²) in [4.78, 5) is 13.8. The van der Waals surface area contributed by atoms with Gasteiger partial charge in [0.2, 0.25) is 5.92 Å². The first-order chi connectivity index (χ1) is 16.6. The number of nitrogens with zero attached hydrogens (tertiary/aromatic N) is 1. The van der Waals surface area contributed by atoms with Crippen LogP contribution in [0.15, 0.2) is 60.7 Å². The Hall–Kier alpha value is -1.58. The zero-order valence-electron chi connectivity index (χ0n) is 21.0. The van der Waals surface area contributed by atoms with E-state index in [-0.39, 0.29) is 60.9 Å². The fourth-order valence-electron chi connectivity index (χ4n) is 7.14. The van der Waals surface area contributed by atoms with Gasteiger partial charge < -0.3 is 38.3 Å². The predicted molar refractivity (Wildman–Crippen MR) is 130 cm³/mol. The number of ether oxygens (including phenoxy) is 1. The third-order valence-corrected chi connectivity index (χ3v) is 9.23. The Morgan fingerprint density at radius 3 is 2.36 bits per heavy atom. The Morgan fingerprint density at radius 1 is 1.08 bits per heavy atom. The summed E-state index contributed by atoms with van der Waals surface area (Å²) in [5, 5.41) is 11.9. The SMILES string of the molecule is C[C@H](c1ccccc1)[N+]1(C)CC2CC[C@@H]1C2OC(=O)[C@](O)(c1ccccc1)[C@H]1CCCC(F)(F)C1.[I-]. The number of carbonyl (C=O) groups excluding carboxylic acids is 1. The zero-order chi connectivity index (χ0) is 24.8. The van der Waals surface area contributed by atoms with Gasteiger partial charge in [-0.3, -0.25) is 0 Å².